The number of carbonyl (C=O) groups excluding carboxylic acids is 3. The Balaban J connectivity index is 2.18. The Morgan fingerprint density at radius 2 is 1.10 bits per heavy atom. The van der Waals surface area contributed by atoms with Gasteiger partial charge in [-0.3, -0.25) is 9.59 Å². The number of benzene rings is 2. The summed E-state index contributed by atoms with van der Waals surface area (Å²) in [4.78, 5) is 38.8. The smallest absolute Gasteiger partial charge is 0.325 e. The fraction of sp³-hybridized carbons (Fsp3) is 0.118. The van der Waals surface area contributed by atoms with Crippen molar-refractivity contribution in [1.82, 2.24) is 5.06 Å². The Morgan fingerprint density at radius 1 is 0.700 bits per heavy atom. The number of hydrogen-bond donors (Lipinski definition) is 0. The van der Waals surface area contributed by atoms with Crippen molar-refractivity contribution < 1.29 is 54.3 Å². The van der Waals surface area contributed by atoms with E-state index in [9.17, 15) is 49.5 Å². The Labute approximate surface area is 160 Å². The van der Waals surface area contributed by atoms with Gasteiger partial charge in [-0.1, -0.05) is 0 Å². The molecule has 0 bridgehead atoms. The van der Waals surface area contributed by atoms with Crippen molar-refractivity contribution in [2.24, 2.45) is 0 Å². The first-order chi connectivity index (χ1) is 14.0. The Kier molecular flexibility index (Phi) is 5.22. The lowest BCUT2D eigenvalue weighted by atomic mass is 9.99. The van der Waals surface area contributed by atoms with E-state index in [0.29, 0.717) is 0 Å². The Bertz CT molecular complexity index is 1060. The molecule has 0 saturated carbocycles. The van der Waals surface area contributed by atoms with Gasteiger partial charge in [-0.05, 0) is 0 Å². The van der Waals surface area contributed by atoms with E-state index in [-0.39, 0.29) is 11.1 Å². The van der Waals surface area contributed by atoms with Crippen molar-refractivity contribution in [3.05, 3.63) is 58.2 Å². The minimum Gasteiger partial charge on any atom is -0.325 e. The zero-order valence-electron chi connectivity index (χ0n) is 14.1. The maximum absolute atomic E-state index is 14.3. The first-order valence-electron chi connectivity index (χ1n) is 7.74. The van der Waals surface area contributed by atoms with Crippen molar-refractivity contribution in [3.63, 3.8) is 0 Å². The predicted molar refractivity (Wildman–Crippen MR) is 78.0 cm³/mol. The normalized spacial score (nSPS) is 13.9. The first-order valence-corrected chi connectivity index (χ1v) is 7.74. The second kappa shape index (κ2) is 7.39. The molecule has 3 rings (SSSR count). The molecular weight excluding hydrogens is 434 g/mol. The van der Waals surface area contributed by atoms with Gasteiger partial charge in [-0.15, -0.1) is 5.06 Å². The summed E-state index contributed by atoms with van der Waals surface area (Å²) < 4.78 is 111. The van der Waals surface area contributed by atoms with Crippen LogP contribution in [0.1, 0.15) is 23.2 Å². The van der Waals surface area contributed by atoms with Crippen LogP contribution in [0.3, 0.4) is 0 Å². The second-order valence-corrected chi connectivity index (χ2v) is 5.81. The standard InChI is InChI=1S/C17H5F8NO4/c18-4-3-5(19)12(21)8(11(4)20)9-13(22)15(24)10(16(25)14(9)23)17(29)30-26-6(27)1-2-7(26)28/h3H,1-2H2. The van der Waals surface area contributed by atoms with E-state index in [0.717, 1.165) is 0 Å². The molecule has 0 N–H and O–H groups in total. The monoisotopic (exact) mass is 439 g/mol. The summed E-state index contributed by atoms with van der Waals surface area (Å²) in [6.45, 7) is 0. The number of amides is 2. The lowest BCUT2D eigenvalue weighted by molar-refractivity contribution is -0.172. The molecule has 0 radical (unpaired) electrons. The summed E-state index contributed by atoms with van der Waals surface area (Å²) in [6.07, 6.45) is -0.829. The van der Waals surface area contributed by atoms with Crippen LogP contribution in [0.4, 0.5) is 35.1 Å². The second-order valence-electron chi connectivity index (χ2n) is 5.81. The maximum atomic E-state index is 14.3. The molecular formula is C17H5F8NO4. The average molecular weight is 439 g/mol. The molecule has 0 unspecified atom stereocenters. The molecule has 1 fully saturated rings. The molecule has 30 heavy (non-hydrogen) atoms. The van der Waals surface area contributed by atoms with Crippen molar-refractivity contribution in [2.75, 3.05) is 0 Å². The highest BCUT2D eigenvalue weighted by Gasteiger charge is 2.38. The topological polar surface area (TPSA) is 63.7 Å². The Morgan fingerprint density at radius 3 is 1.53 bits per heavy atom. The summed E-state index contributed by atoms with van der Waals surface area (Å²) >= 11 is 0. The van der Waals surface area contributed by atoms with Crippen LogP contribution in [-0.2, 0) is 14.4 Å². The molecule has 158 valence electrons. The van der Waals surface area contributed by atoms with Crippen molar-refractivity contribution in [2.45, 2.75) is 12.8 Å². The van der Waals surface area contributed by atoms with Crippen LogP contribution in [0.5, 0.6) is 0 Å². The number of halogens is 8. The van der Waals surface area contributed by atoms with E-state index in [1.807, 2.05) is 0 Å². The summed E-state index contributed by atoms with van der Waals surface area (Å²) in [7, 11) is 0. The van der Waals surface area contributed by atoms with Gasteiger partial charge in [0, 0.05) is 18.9 Å². The molecule has 1 saturated heterocycles. The highest BCUT2D eigenvalue weighted by Crippen LogP contribution is 2.37. The first kappa shape index (κ1) is 21.2. The van der Waals surface area contributed by atoms with Crippen molar-refractivity contribution >= 4 is 17.8 Å². The quantitative estimate of drug-likeness (QED) is 0.416. The summed E-state index contributed by atoms with van der Waals surface area (Å²) in [5.41, 5.74) is -6.38. The third kappa shape index (κ3) is 3.15. The zero-order chi connectivity index (χ0) is 22.5. The fourth-order valence-corrected chi connectivity index (χ4v) is 2.61. The molecule has 1 heterocycles. The van der Waals surface area contributed by atoms with E-state index < -0.39 is 93.9 Å². The third-order valence-corrected chi connectivity index (χ3v) is 4.01. The number of rotatable bonds is 3. The maximum Gasteiger partial charge on any atom is 0.370 e. The van der Waals surface area contributed by atoms with Gasteiger partial charge in [0.15, 0.2) is 46.5 Å². The summed E-state index contributed by atoms with van der Waals surface area (Å²) in [5, 5.41) is -0.188. The predicted octanol–water partition coefficient (Wildman–Crippen LogP) is 3.69. The van der Waals surface area contributed by atoms with E-state index in [4.69, 9.17) is 0 Å². The van der Waals surface area contributed by atoms with Gasteiger partial charge in [-0.2, -0.15) is 0 Å². The number of nitrogens with zero attached hydrogens (tertiary/aromatic N) is 1. The van der Waals surface area contributed by atoms with Gasteiger partial charge < -0.3 is 4.84 Å². The van der Waals surface area contributed by atoms with Crippen LogP contribution >= 0.6 is 0 Å². The lowest BCUT2D eigenvalue weighted by Gasteiger charge is -2.15. The molecule has 0 atom stereocenters. The molecule has 5 nitrogen and oxygen atoms in total. The minimum atomic E-state index is -2.59. The van der Waals surface area contributed by atoms with Gasteiger partial charge in [-0.25, -0.2) is 39.9 Å². The molecule has 1 aliphatic heterocycles. The molecule has 0 aliphatic carbocycles. The zero-order valence-corrected chi connectivity index (χ0v) is 14.1. The van der Waals surface area contributed by atoms with E-state index in [2.05, 4.69) is 4.84 Å². The average Bonchev–Trinajstić information content (AvgIpc) is 2.99. The molecule has 0 aromatic heterocycles. The largest absolute Gasteiger partial charge is 0.370 e. The molecule has 2 aromatic rings. The van der Waals surface area contributed by atoms with Gasteiger partial charge in [0.2, 0.25) is 0 Å². The van der Waals surface area contributed by atoms with E-state index in [1.165, 1.54) is 0 Å². The van der Waals surface area contributed by atoms with Gasteiger partial charge in [0.1, 0.15) is 5.56 Å². The molecule has 2 amide bonds. The lowest BCUT2D eigenvalue weighted by Crippen LogP contribution is -2.33. The van der Waals surface area contributed by atoms with Gasteiger partial charge in [0.25, 0.3) is 11.8 Å². The molecule has 1 aliphatic rings. The molecule has 0 spiro atoms. The summed E-state index contributed by atoms with van der Waals surface area (Å²) in [5.74, 6) is -23.7. The third-order valence-electron chi connectivity index (χ3n) is 4.01. The van der Waals surface area contributed by atoms with Crippen LogP contribution < -0.4 is 0 Å². The van der Waals surface area contributed by atoms with Crippen molar-refractivity contribution in [1.29, 1.82) is 0 Å². The van der Waals surface area contributed by atoms with Crippen LogP contribution in [0, 0.1) is 46.5 Å². The van der Waals surface area contributed by atoms with Crippen LogP contribution in [0.2, 0.25) is 0 Å². The van der Waals surface area contributed by atoms with Gasteiger partial charge in [0.05, 0.1) is 11.1 Å². The molecule has 2 aromatic carbocycles. The highest BCUT2D eigenvalue weighted by molar-refractivity contribution is 6.03. The van der Waals surface area contributed by atoms with E-state index in [1.54, 1.807) is 0 Å². The minimum absolute atomic E-state index is 0.188. The van der Waals surface area contributed by atoms with Crippen molar-refractivity contribution in [3.8, 4) is 11.1 Å². The highest BCUT2D eigenvalue weighted by atomic mass is 19.2. The number of hydrogen-bond acceptors (Lipinski definition) is 4. The summed E-state index contributed by atoms with van der Waals surface area (Å²) in [6, 6.07) is -0.313. The molecule has 13 heteroatoms. The van der Waals surface area contributed by atoms with Crippen LogP contribution in [0.15, 0.2) is 6.07 Å². The number of hydroxylamine groups is 2. The SMILES string of the molecule is O=C(ON1C(=O)CCC1=O)c1c(F)c(F)c(-c2c(F)c(F)cc(F)c2F)c(F)c1F. The Hall–Kier alpha value is -3.51. The van der Waals surface area contributed by atoms with E-state index >= 15 is 0 Å². The van der Waals surface area contributed by atoms with Crippen LogP contribution in [0.25, 0.3) is 11.1 Å². The fourth-order valence-electron chi connectivity index (χ4n) is 2.61. The van der Waals surface area contributed by atoms with Gasteiger partial charge >= 0.3 is 5.97 Å². The van der Waals surface area contributed by atoms with Crippen LogP contribution in [-0.4, -0.2) is 22.8 Å². The number of imide groups is 1. The number of carbonyl (C=O) groups is 3.